The van der Waals surface area contributed by atoms with Gasteiger partial charge in [-0.3, -0.25) is 9.78 Å². The number of carbonyl (C=O) groups excluding carboxylic acids is 1. The van der Waals surface area contributed by atoms with E-state index in [4.69, 9.17) is 0 Å². The molecule has 0 radical (unpaired) electrons. The lowest BCUT2D eigenvalue weighted by Crippen LogP contribution is -2.39. The molecule has 1 amide bonds. The second-order valence-corrected chi connectivity index (χ2v) is 6.13. The van der Waals surface area contributed by atoms with Gasteiger partial charge < -0.3 is 4.90 Å². The first-order valence-corrected chi connectivity index (χ1v) is 7.97. The van der Waals surface area contributed by atoms with Crippen LogP contribution in [0.15, 0.2) is 48.8 Å². The molecule has 0 saturated carbocycles. The molecule has 0 spiro atoms. The maximum Gasteiger partial charge on any atom is 0.219 e. The standard InChI is InChI=1S/C19H22N2O/c1-15(22)21-9-5-6-16(14-21)10-17-11-19(13-20-12-17)18-7-3-2-4-8-18/h2-4,7-8,11-13,16H,5-6,9-10,14H2,1H3/t16-/m1/s1. The second kappa shape index (κ2) is 6.73. The van der Waals surface area contributed by atoms with E-state index in [0.29, 0.717) is 5.92 Å². The molecule has 3 heteroatoms. The zero-order valence-corrected chi connectivity index (χ0v) is 13.0. The number of aromatic nitrogens is 1. The molecule has 1 aromatic heterocycles. The number of rotatable bonds is 3. The molecule has 3 nitrogen and oxygen atoms in total. The minimum Gasteiger partial charge on any atom is -0.343 e. The van der Waals surface area contributed by atoms with Gasteiger partial charge in [-0.05, 0) is 42.4 Å². The molecule has 0 N–H and O–H groups in total. The molecule has 0 unspecified atom stereocenters. The van der Waals surface area contributed by atoms with Crippen LogP contribution < -0.4 is 0 Å². The van der Waals surface area contributed by atoms with Crippen molar-refractivity contribution in [2.75, 3.05) is 13.1 Å². The summed E-state index contributed by atoms with van der Waals surface area (Å²) in [6.45, 7) is 3.46. The quantitative estimate of drug-likeness (QED) is 0.867. The van der Waals surface area contributed by atoms with Crippen molar-refractivity contribution in [2.24, 2.45) is 5.92 Å². The van der Waals surface area contributed by atoms with Gasteiger partial charge in [0.1, 0.15) is 0 Å². The topological polar surface area (TPSA) is 33.2 Å². The zero-order valence-electron chi connectivity index (χ0n) is 13.0. The van der Waals surface area contributed by atoms with Crippen LogP contribution in [0.3, 0.4) is 0 Å². The first kappa shape index (κ1) is 14.8. The number of pyridine rings is 1. The van der Waals surface area contributed by atoms with Gasteiger partial charge in [0.25, 0.3) is 0 Å². The number of hydrogen-bond acceptors (Lipinski definition) is 2. The van der Waals surface area contributed by atoms with E-state index in [0.717, 1.165) is 31.5 Å². The Morgan fingerprint density at radius 3 is 2.82 bits per heavy atom. The lowest BCUT2D eigenvalue weighted by Gasteiger charge is -2.32. The van der Waals surface area contributed by atoms with E-state index in [-0.39, 0.29) is 5.91 Å². The predicted molar refractivity (Wildman–Crippen MR) is 88.4 cm³/mol. The summed E-state index contributed by atoms with van der Waals surface area (Å²) in [4.78, 5) is 17.9. The largest absolute Gasteiger partial charge is 0.343 e. The Morgan fingerprint density at radius 2 is 2.05 bits per heavy atom. The van der Waals surface area contributed by atoms with Gasteiger partial charge in [-0.1, -0.05) is 30.3 Å². The summed E-state index contributed by atoms with van der Waals surface area (Å²) in [5.41, 5.74) is 3.62. The fourth-order valence-corrected chi connectivity index (χ4v) is 3.24. The minimum atomic E-state index is 0.195. The van der Waals surface area contributed by atoms with Crippen LogP contribution in [0, 0.1) is 5.92 Å². The predicted octanol–water partition coefficient (Wildman–Crippen LogP) is 3.55. The summed E-state index contributed by atoms with van der Waals surface area (Å²) >= 11 is 0. The van der Waals surface area contributed by atoms with Gasteiger partial charge in [0, 0.05) is 38.0 Å². The molecular weight excluding hydrogens is 272 g/mol. The van der Waals surface area contributed by atoms with Crippen molar-refractivity contribution in [3.8, 4) is 11.1 Å². The molecule has 1 aliphatic heterocycles. The number of benzene rings is 1. The molecular formula is C19H22N2O. The smallest absolute Gasteiger partial charge is 0.219 e. The molecule has 0 bridgehead atoms. The average molecular weight is 294 g/mol. The Bertz CT molecular complexity index is 639. The monoisotopic (exact) mass is 294 g/mol. The van der Waals surface area contributed by atoms with Crippen molar-refractivity contribution >= 4 is 5.91 Å². The number of hydrogen-bond donors (Lipinski definition) is 0. The third-order valence-electron chi connectivity index (χ3n) is 4.39. The van der Waals surface area contributed by atoms with E-state index in [9.17, 15) is 4.79 Å². The van der Waals surface area contributed by atoms with E-state index in [2.05, 4.69) is 23.2 Å². The molecule has 1 aliphatic rings. The third kappa shape index (κ3) is 3.53. The second-order valence-electron chi connectivity index (χ2n) is 6.13. The van der Waals surface area contributed by atoms with Crippen LogP contribution in [0.4, 0.5) is 0 Å². The third-order valence-corrected chi connectivity index (χ3v) is 4.39. The molecule has 2 heterocycles. The highest BCUT2D eigenvalue weighted by Gasteiger charge is 2.21. The molecule has 2 aromatic rings. The summed E-state index contributed by atoms with van der Waals surface area (Å²) < 4.78 is 0. The maximum atomic E-state index is 11.5. The van der Waals surface area contributed by atoms with Crippen LogP contribution in [0.2, 0.25) is 0 Å². The van der Waals surface area contributed by atoms with E-state index in [1.165, 1.54) is 17.5 Å². The summed E-state index contributed by atoms with van der Waals surface area (Å²) in [7, 11) is 0. The summed E-state index contributed by atoms with van der Waals surface area (Å²) in [6, 6.07) is 12.6. The van der Waals surface area contributed by atoms with Gasteiger partial charge in [0.05, 0.1) is 0 Å². The summed E-state index contributed by atoms with van der Waals surface area (Å²) in [6.07, 6.45) is 7.17. The highest BCUT2D eigenvalue weighted by molar-refractivity contribution is 5.73. The van der Waals surface area contributed by atoms with Crippen molar-refractivity contribution in [3.63, 3.8) is 0 Å². The Hall–Kier alpha value is -2.16. The van der Waals surface area contributed by atoms with Crippen molar-refractivity contribution in [1.29, 1.82) is 0 Å². The van der Waals surface area contributed by atoms with Crippen LogP contribution in [0.5, 0.6) is 0 Å². The van der Waals surface area contributed by atoms with E-state index >= 15 is 0 Å². The number of likely N-dealkylation sites (tertiary alicyclic amines) is 1. The van der Waals surface area contributed by atoms with Crippen molar-refractivity contribution in [3.05, 3.63) is 54.4 Å². The highest BCUT2D eigenvalue weighted by atomic mass is 16.2. The number of piperidine rings is 1. The molecule has 114 valence electrons. The Kier molecular flexibility index (Phi) is 4.52. The molecule has 0 aliphatic carbocycles. The van der Waals surface area contributed by atoms with Crippen LogP contribution in [-0.4, -0.2) is 28.9 Å². The molecule has 1 atom stereocenters. The fraction of sp³-hybridized carbons (Fsp3) is 0.368. The van der Waals surface area contributed by atoms with Gasteiger partial charge in [-0.2, -0.15) is 0 Å². The Labute approximate surface area is 132 Å². The van der Waals surface area contributed by atoms with E-state index < -0.39 is 0 Å². The van der Waals surface area contributed by atoms with Gasteiger partial charge in [-0.15, -0.1) is 0 Å². The van der Waals surface area contributed by atoms with Crippen molar-refractivity contribution in [2.45, 2.75) is 26.2 Å². The van der Waals surface area contributed by atoms with Gasteiger partial charge in [-0.25, -0.2) is 0 Å². The van der Waals surface area contributed by atoms with E-state index in [1.807, 2.05) is 35.5 Å². The molecule has 3 rings (SSSR count). The number of amides is 1. The lowest BCUT2D eigenvalue weighted by atomic mass is 9.91. The van der Waals surface area contributed by atoms with Crippen LogP contribution in [0.1, 0.15) is 25.3 Å². The van der Waals surface area contributed by atoms with Gasteiger partial charge in [0.2, 0.25) is 5.91 Å². The zero-order chi connectivity index (χ0) is 15.4. The first-order chi connectivity index (χ1) is 10.7. The number of carbonyl (C=O) groups is 1. The average Bonchev–Trinajstić information content (AvgIpc) is 2.56. The maximum absolute atomic E-state index is 11.5. The minimum absolute atomic E-state index is 0.195. The highest BCUT2D eigenvalue weighted by Crippen LogP contribution is 2.24. The molecule has 1 fully saturated rings. The Morgan fingerprint density at radius 1 is 1.23 bits per heavy atom. The van der Waals surface area contributed by atoms with Crippen LogP contribution >= 0.6 is 0 Å². The number of nitrogens with zero attached hydrogens (tertiary/aromatic N) is 2. The molecule has 22 heavy (non-hydrogen) atoms. The van der Waals surface area contributed by atoms with Crippen molar-refractivity contribution in [1.82, 2.24) is 9.88 Å². The van der Waals surface area contributed by atoms with Gasteiger partial charge >= 0.3 is 0 Å². The van der Waals surface area contributed by atoms with E-state index in [1.54, 1.807) is 6.92 Å². The molecule has 1 aromatic carbocycles. The first-order valence-electron chi connectivity index (χ1n) is 7.97. The normalized spacial score (nSPS) is 18.2. The van der Waals surface area contributed by atoms with Crippen LogP contribution in [0.25, 0.3) is 11.1 Å². The van der Waals surface area contributed by atoms with Gasteiger partial charge in [0.15, 0.2) is 0 Å². The fourth-order valence-electron chi connectivity index (χ4n) is 3.24. The summed E-state index contributed by atoms with van der Waals surface area (Å²) in [5, 5.41) is 0. The Balaban J connectivity index is 1.72. The van der Waals surface area contributed by atoms with Crippen LogP contribution in [-0.2, 0) is 11.2 Å². The SMILES string of the molecule is CC(=O)N1CCC[C@H](Cc2cncc(-c3ccccc3)c2)C1. The lowest BCUT2D eigenvalue weighted by molar-refractivity contribution is -0.130. The van der Waals surface area contributed by atoms with Crippen molar-refractivity contribution < 1.29 is 4.79 Å². The molecule has 1 saturated heterocycles. The summed E-state index contributed by atoms with van der Waals surface area (Å²) in [5.74, 6) is 0.742.